The molecule has 0 unspecified atom stereocenters. The molecule has 0 aliphatic carbocycles. The van der Waals surface area contributed by atoms with Crippen LogP contribution in [0.4, 0.5) is 0 Å². The van der Waals surface area contributed by atoms with E-state index in [-0.39, 0.29) is 18.2 Å². The van der Waals surface area contributed by atoms with Crippen LogP contribution in [0.25, 0.3) is 0 Å². The van der Waals surface area contributed by atoms with E-state index < -0.39 is 11.9 Å². The first-order valence-corrected chi connectivity index (χ1v) is 13.7. The summed E-state index contributed by atoms with van der Waals surface area (Å²) in [6.07, 6.45) is 10.7. The Balaban J connectivity index is 1.76. The molecule has 0 aliphatic rings. The number of nitrogens with one attached hydrogen (secondary N) is 2. The minimum absolute atomic E-state index is 0.140. The first kappa shape index (κ1) is 31.3. The van der Waals surface area contributed by atoms with Gasteiger partial charge in [0.05, 0.1) is 32.0 Å². The van der Waals surface area contributed by atoms with E-state index >= 15 is 0 Å². The van der Waals surface area contributed by atoms with Crippen LogP contribution in [0.2, 0.25) is 0 Å². The highest BCUT2D eigenvalue weighted by Crippen LogP contribution is 2.28. The van der Waals surface area contributed by atoms with E-state index in [0.29, 0.717) is 35.7 Å². The predicted molar refractivity (Wildman–Crippen MR) is 152 cm³/mol. The number of ether oxygens (including phenoxy) is 3. The number of carbonyl (C=O) groups is 3. The molecule has 2 N–H and O–H groups in total. The standard InChI is InChI=1S/C30H41N3O6/c1-4-6-7-8-9-10-11-12-28(34)31-22-29(35)33-32-21-23-13-18-26(27(20-23)37-3)39-30(36)24-14-16-25(17-15-24)38-19-5-2/h13-18,20-21H,4-12,19,22H2,1-3H3,(H,31,34)(H,33,35). The highest BCUT2D eigenvalue weighted by atomic mass is 16.6. The molecule has 0 bridgehead atoms. The van der Waals surface area contributed by atoms with E-state index in [1.165, 1.54) is 39.0 Å². The van der Waals surface area contributed by atoms with Gasteiger partial charge in [-0.3, -0.25) is 9.59 Å². The Hall–Kier alpha value is -3.88. The van der Waals surface area contributed by atoms with Crippen LogP contribution in [0.15, 0.2) is 47.6 Å². The number of rotatable bonds is 18. The number of nitrogens with zero attached hydrogens (tertiary/aromatic N) is 1. The molecule has 0 saturated heterocycles. The summed E-state index contributed by atoms with van der Waals surface area (Å²) in [5.41, 5.74) is 3.38. The largest absolute Gasteiger partial charge is 0.494 e. The van der Waals surface area contributed by atoms with Crippen molar-refractivity contribution < 1.29 is 28.6 Å². The van der Waals surface area contributed by atoms with Gasteiger partial charge in [0.25, 0.3) is 5.91 Å². The van der Waals surface area contributed by atoms with Gasteiger partial charge in [0.2, 0.25) is 5.91 Å². The van der Waals surface area contributed by atoms with Crippen LogP contribution in [0, 0.1) is 0 Å². The van der Waals surface area contributed by atoms with Crippen LogP contribution in [0.5, 0.6) is 17.2 Å². The molecular weight excluding hydrogens is 498 g/mol. The molecule has 212 valence electrons. The summed E-state index contributed by atoms with van der Waals surface area (Å²) in [6.45, 7) is 4.67. The lowest BCUT2D eigenvalue weighted by Crippen LogP contribution is -2.34. The van der Waals surface area contributed by atoms with Crippen molar-refractivity contribution >= 4 is 24.0 Å². The van der Waals surface area contributed by atoms with Gasteiger partial charge in [0, 0.05) is 6.42 Å². The summed E-state index contributed by atoms with van der Waals surface area (Å²) in [4.78, 5) is 36.5. The molecule has 0 radical (unpaired) electrons. The lowest BCUT2D eigenvalue weighted by Gasteiger charge is -2.10. The SMILES string of the molecule is CCCCCCCCCC(=O)NCC(=O)NN=Cc1ccc(OC(=O)c2ccc(OCCC)cc2)c(OC)c1. The van der Waals surface area contributed by atoms with E-state index in [9.17, 15) is 14.4 Å². The van der Waals surface area contributed by atoms with Gasteiger partial charge in [0.15, 0.2) is 11.5 Å². The Bertz CT molecular complexity index is 1070. The zero-order valence-corrected chi connectivity index (χ0v) is 23.3. The summed E-state index contributed by atoms with van der Waals surface area (Å²) in [7, 11) is 1.46. The smallest absolute Gasteiger partial charge is 0.343 e. The molecule has 39 heavy (non-hydrogen) atoms. The summed E-state index contributed by atoms with van der Waals surface area (Å²) in [5, 5.41) is 6.53. The summed E-state index contributed by atoms with van der Waals surface area (Å²) in [5.74, 6) is 0.171. The Labute approximate surface area is 231 Å². The maximum atomic E-state index is 12.5. The fraction of sp³-hybridized carbons (Fsp3) is 0.467. The van der Waals surface area contributed by atoms with E-state index in [1.54, 1.807) is 42.5 Å². The first-order chi connectivity index (χ1) is 19.0. The summed E-state index contributed by atoms with van der Waals surface area (Å²) < 4.78 is 16.4. The van der Waals surface area contributed by atoms with E-state index in [1.807, 2.05) is 6.92 Å². The van der Waals surface area contributed by atoms with Crippen molar-refractivity contribution in [1.82, 2.24) is 10.7 Å². The monoisotopic (exact) mass is 539 g/mol. The molecule has 2 aromatic carbocycles. The summed E-state index contributed by atoms with van der Waals surface area (Å²) >= 11 is 0. The third-order valence-corrected chi connectivity index (χ3v) is 5.81. The number of hydrazone groups is 1. The van der Waals surface area contributed by atoms with Crippen LogP contribution in [0.3, 0.4) is 0 Å². The second-order valence-corrected chi connectivity index (χ2v) is 9.11. The Morgan fingerprint density at radius 1 is 0.846 bits per heavy atom. The van der Waals surface area contributed by atoms with Gasteiger partial charge < -0.3 is 19.5 Å². The molecule has 2 rings (SSSR count). The average Bonchev–Trinajstić information content (AvgIpc) is 2.95. The number of esters is 1. The van der Waals surface area contributed by atoms with E-state index in [2.05, 4.69) is 22.8 Å². The van der Waals surface area contributed by atoms with Crippen molar-refractivity contribution in [3.05, 3.63) is 53.6 Å². The fourth-order valence-corrected chi connectivity index (χ4v) is 3.64. The molecule has 9 nitrogen and oxygen atoms in total. The highest BCUT2D eigenvalue weighted by Gasteiger charge is 2.13. The van der Waals surface area contributed by atoms with Gasteiger partial charge in [-0.05, 0) is 60.9 Å². The fourth-order valence-electron chi connectivity index (χ4n) is 3.64. The molecule has 2 aromatic rings. The number of hydrogen-bond donors (Lipinski definition) is 2. The van der Waals surface area contributed by atoms with Crippen LogP contribution in [0.1, 0.15) is 87.6 Å². The minimum Gasteiger partial charge on any atom is -0.494 e. The first-order valence-electron chi connectivity index (χ1n) is 13.7. The number of carbonyl (C=O) groups excluding carboxylic acids is 3. The molecule has 0 aliphatic heterocycles. The van der Waals surface area contributed by atoms with Gasteiger partial charge >= 0.3 is 5.97 Å². The zero-order chi connectivity index (χ0) is 28.3. The second kappa shape index (κ2) is 18.4. The van der Waals surface area contributed by atoms with Crippen molar-refractivity contribution in [2.24, 2.45) is 5.10 Å². The Morgan fingerprint density at radius 3 is 2.26 bits per heavy atom. The van der Waals surface area contributed by atoms with Crippen LogP contribution in [-0.2, 0) is 9.59 Å². The number of methoxy groups -OCH3 is 1. The van der Waals surface area contributed by atoms with Gasteiger partial charge in [-0.2, -0.15) is 5.10 Å². The van der Waals surface area contributed by atoms with Crippen molar-refractivity contribution in [1.29, 1.82) is 0 Å². The molecule has 0 fully saturated rings. The minimum atomic E-state index is -0.530. The molecular formula is C30H41N3O6. The van der Waals surface area contributed by atoms with Gasteiger partial charge in [-0.15, -0.1) is 0 Å². The topological polar surface area (TPSA) is 115 Å². The maximum absolute atomic E-state index is 12.5. The third kappa shape index (κ3) is 12.5. The maximum Gasteiger partial charge on any atom is 0.343 e. The number of amides is 2. The molecule has 0 aromatic heterocycles. The van der Waals surface area contributed by atoms with Gasteiger partial charge in [0.1, 0.15) is 5.75 Å². The average molecular weight is 540 g/mol. The molecule has 9 heteroatoms. The van der Waals surface area contributed by atoms with E-state index in [0.717, 1.165) is 25.7 Å². The quantitative estimate of drug-likeness (QED) is 0.0861. The van der Waals surface area contributed by atoms with Crippen molar-refractivity contribution in [3.63, 3.8) is 0 Å². The Morgan fingerprint density at radius 2 is 1.56 bits per heavy atom. The lowest BCUT2D eigenvalue weighted by atomic mass is 10.1. The molecule has 2 amide bonds. The van der Waals surface area contributed by atoms with Crippen molar-refractivity contribution in [3.8, 4) is 17.2 Å². The van der Waals surface area contributed by atoms with E-state index in [4.69, 9.17) is 14.2 Å². The molecule has 0 atom stereocenters. The molecule has 0 heterocycles. The van der Waals surface area contributed by atoms with Crippen LogP contribution >= 0.6 is 0 Å². The molecule has 0 spiro atoms. The third-order valence-electron chi connectivity index (χ3n) is 5.81. The Kier molecular flexibility index (Phi) is 14.8. The summed E-state index contributed by atoms with van der Waals surface area (Å²) in [6, 6.07) is 11.6. The van der Waals surface area contributed by atoms with Gasteiger partial charge in [-0.25, -0.2) is 10.2 Å². The van der Waals surface area contributed by atoms with Crippen molar-refractivity contribution in [2.45, 2.75) is 71.6 Å². The second-order valence-electron chi connectivity index (χ2n) is 9.11. The van der Waals surface area contributed by atoms with Gasteiger partial charge in [-0.1, -0.05) is 52.4 Å². The molecule has 0 saturated carbocycles. The number of benzene rings is 2. The predicted octanol–water partition coefficient (Wildman–Crippen LogP) is 5.41. The highest BCUT2D eigenvalue weighted by molar-refractivity contribution is 5.92. The normalized spacial score (nSPS) is 10.7. The number of hydrogen-bond acceptors (Lipinski definition) is 7. The van der Waals surface area contributed by atoms with Crippen LogP contribution < -0.4 is 25.0 Å². The van der Waals surface area contributed by atoms with Crippen LogP contribution in [-0.4, -0.2) is 44.3 Å². The zero-order valence-electron chi connectivity index (χ0n) is 23.3. The van der Waals surface area contributed by atoms with Crippen molar-refractivity contribution in [2.75, 3.05) is 20.3 Å². The lowest BCUT2D eigenvalue weighted by molar-refractivity contribution is -0.126. The number of unbranched alkanes of at least 4 members (excludes halogenated alkanes) is 6.